The van der Waals surface area contributed by atoms with Crippen LogP contribution < -0.4 is 5.73 Å². The fourth-order valence-electron chi connectivity index (χ4n) is 2.89. The number of nitrogens with two attached hydrogens (primary N) is 1. The van der Waals surface area contributed by atoms with Crippen LogP contribution in [0.1, 0.15) is 30.9 Å². The number of fused-ring (bicyclic) bond motifs is 1. The van der Waals surface area contributed by atoms with Gasteiger partial charge < -0.3 is 10.5 Å². The van der Waals surface area contributed by atoms with Crippen LogP contribution in [0.4, 0.5) is 0 Å². The van der Waals surface area contributed by atoms with Crippen molar-refractivity contribution in [2.24, 2.45) is 11.1 Å². The van der Waals surface area contributed by atoms with E-state index in [2.05, 4.69) is 24.3 Å². The van der Waals surface area contributed by atoms with E-state index in [1.165, 1.54) is 17.5 Å². The average molecular weight is 233 g/mol. The van der Waals surface area contributed by atoms with Gasteiger partial charge in [-0.2, -0.15) is 0 Å². The lowest BCUT2D eigenvalue weighted by molar-refractivity contribution is 0.129. The standard InChI is InChI=1S/C15H23NO/c1-2-17-9-5-8-15(12-16)10-13-6-3-4-7-14(13)11-15/h3-4,6-7H,2,5,8-12,16H2,1H3. The molecule has 0 amide bonds. The zero-order valence-electron chi connectivity index (χ0n) is 10.7. The molecule has 1 aliphatic rings. The third-order valence-corrected chi connectivity index (χ3v) is 3.88. The summed E-state index contributed by atoms with van der Waals surface area (Å²) in [7, 11) is 0. The molecule has 2 nitrogen and oxygen atoms in total. The summed E-state index contributed by atoms with van der Waals surface area (Å²) in [6, 6.07) is 8.75. The van der Waals surface area contributed by atoms with Gasteiger partial charge in [0.2, 0.25) is 0 Å². The van der Waals surface area contributed by atoms with E-state index in [9.17, 15) is 0 Å². The summed E-state index contributed by atoms with van der Waals surface area (Å²) in [5.41, 5.74) is 9.30. The summed E-state index contributed by atoms with van der Waals surface area (Å²) >= 11 is 0. The van der Waals surface area contributed by atoms with Gasteiger partial charge in [0.05, 0.1) is 0 Å². The van der Waals surface area contributed by atoms with Gasteiger partial charge >= 0.3 is 0 Å². The Kier molecular flexibility index (Phi) is 4.19. The van der Waals surface area contributed by atoms with Crippen LogP contribution in [-0.2, 0) is 17.6 Å². The van der Waals surface area contributed by atoms with E-state index < -0.39 is 0 Å². The van der Waals surface area contributed by atoms with Crippen molar-refractivity contribution in [3.8, 4) is 0 Å². The molecule has 2 N–H and O–H groups in total. The van der Waals surface area contributed by atoms with Crippen molar-refractivity contribution in [2.45, 2.75) is 32.6 Å². The maximum absolute atomic E-state index is 6.02. The third-order valence-electron chi connectivity index (χ3n) is 3.88. The van der Waals surface area contributed by atoms with Crippen LogP contribution in [0.25, 0.3) is 0 Å². The summed E-state index contributed by atoms with van der Waals surface area (Å²) in [5, 5.41) is 0. The molecule has 17 heavy (non-hydrogen) atoms. The summed E-state index contributed by atoms with van der Waals surface area (Å²) in [6.45, 7) is 4.52. The first-order chi connectivity index (χ1) is 8.29. The van der Waals surface area contributed by atoms with Crippen LogP contribution in [0, 0.1) is 5.41 Å². The van der Waals surface area contributed by atoms with Crippen LogP contribution in [0.15, 0.2) is 24.3 Å². The number of hydrogen-bond donors (Lipinski definition) is 1. The van der Waals surface area contributed by atoms with Crippen LogP contribution in [0.3, 0.4) is 0 Å². The summed E-state index contributed by atoms with van der Waals surface area (Å²) in [6.07, 6.45) is 4.59. The number of hydrogen-bond acceptors (Lipinski definition) is 2. The molecule has 0 unspecified atom stereocenters. The summed E-state index contributed by atoms with van der Waals surface area (Å²) < 4.78 is 5.42. The van der Waals surface area contributed by atoms with Crippen molar-refractivity contribution in [3.05, 3.63) is 35.4 Å². The Morgan fingerprint density at radius 2 is 1.88 bits per heavy atom. The lowest BCUT2D eigenvalue weighted by Gasteiger charge is -2.27. The van der Waals surface area contributed by atoms with Gasteiger partial charge in [0, 0.05) is 13.2 Å². The van der Waals surface area contributed by atoms with E-state index in [-0.39, 0.29) is 0 Å². The van der Waals surface area contributed by atoms with Crippen molar-refractivity contribution >= 4 is 0 Å². The van der Waals surface area contributed by atoms with Crippen molar-refractivity contribution in [3.63, 3.8) is 0 Å². The van der Waals surface area contributed by atoms with Crippen LogP contribution >= 0.6 is 0 Å². The smallest absolute Gasteiger partial charge is 0.0466 e. The Morgan fingerprint density at radius 3 is 2.41 bits per heavy atom. The first-order valence-electron chi connectivity index (χ1n) is 6.64. The van der Waals surface area contributed by atoms with Crippen molar-refractivity contribution < 1.29 is 4.74 Å². The van der Waals surface area contributed by atoms with Crippen LogP contribution in [-0.4, -0.2) is 19.8 Å². The van der Waals surface area contributed by atoms with E-state index in [0.717, 1.165) is 39.0 Å². The van der Waals surface area contributed by atoms with Gasteiger partial charge in [-0.3, -0.25) is 0 Å². The third kappa shape index (κ3) is 2.88. The number of rotatable bonds is 6. The second-order valence-corrected chi connectivity index (χ2v) is 5.13. The SMILES string of the molecule is CCOCCCC1(CN)Cc2ccccc2C1. The van der Waals surface area contributed by atoms with Crippen molar-refractivity contribution in [1.29, 1.82) is 0 Å². The van der Waals surface area contributed by atoms with Gasteiger partial charge in [-0.05, 0) is 55.7 Å². The largest absolute Gasteiger partial charge is 0.382 e. The summed E-state index contributed by atoms with van der Waals surface area (Å²) in [5.74, 6) is 0. The maximum Gasteiger partial charge on any atom is 0.0466 e. The highest BCUT2D eigenvalue weighted by Crippen LogP contribution is 2.39. The molecule has 0 aromatic heterocycles. The van der Waals surface area contributed by atoms with Gasteiger partial charge in [0.15, 0.2) is 0 Å². The normalized spacial score (nSPS) is 17.1. The minimum absolute atomic E-state index is 0.292. The molecule has 2 heteroatoms. The Labute approximate surface area is 104 Å². The van der Waals surface area contributed by atoms with Gasteiger partial charge in [0.25, 0.3) is 0 Å². The van der Waals surface area contributed by atoms with Gasteiger partial charge in [-0.25, -0.2) is 0 Å². The molecule has 0 saturated heterocycles. The molecule has 0 aliphatic heterocycles. The first kappa shape index (κ1) is 12.6. The highest BCUT2D eigenvalue weighted by Gasteiger charge is 2.35. The number of benzene rings is 1. The Hall–Kier alpha value is -0.860. The van der Waals surface area contributed by atoms with E-state index >= 15 is 0 Å². The molecule has 2 rings (SSSR count). The van der Waals surface area contributed by atoms with E-state index in [1.807, 2.05) is 6.92 Å². The fraction of sp³-hybridized carbons (Fsp3) is 0.600. The average Bonchev–Trinajstić information content (AvgIpc) is 2.74. The Balaban J connectivity index is 1.95. The molecule has 0 fully saturated rings. The predicted octanol–water partition coefficient (Wildman–Crippen LogP) is 2.55. The first-order valence-corrected chi connectivity index (χ1v) is 6.64. The second kappa shape index (κ2) is 5.65. The van der Waals surface area contributed by atoms with E-state index in [0.29, 0.717) is 5.41 Å². The quantitative estimate of drug-likeness (QED) is 0.766. The Morgan fingerprint density at radius 1 is 1.24 bits per heavy atom. The van der Waals surface area contributed by atoms with Crippen molar-refractivity contribution in [1.82, 2.24) is 0 Å². The molecule has 0 radical (unpaired) electrons. The highest BCUT2D eigenvalue weighted by atomic mass is 16.5. The molecular weight excluding hydrogens is 210 g/mol. The topological polar surface area (TPSA) is 35.2 Å². The van der Waals surface area contributed by atoms with Crippen LogP contribution in [0.2, 0.25) is 0 Å². The summed E-state index contributed by atoms with van der Waals surface area (Å²) in [4.78, 5) is 0. The van der Waals surface area contributed by atoms with E-state index in [4.69, 9.17) is 10.5 Å². The molecule has 0 heterocycles. The molecule has 1 aromatic rings. The minimum atomic E-state index is 0.292. The molecule has 94 valence electrons. The van der Waals surface area contributed by atoms with Gasteiger partial charge in [-0.1, -0.05) is 24.3 Å². The molecule has 0 spiro atoms. The molecule has 1 aromatic carbocycles. The predicted molar refractivity (Wildman–Crippen MR) is 71.1 cm³/mol. The second-order valence-electron chi connectivity index (χ2n) is 5.13. The maximum atomic E-state index is 6.02. The molecular formula is C15H23NO. The molecule has 0 saturated carbocycles. The fourth-order valence-corrected chi connectivity index (χ4v) is 2.89. The van der Waals surface area contributed by atoms with E-state index in [1.54, 1.807) is 0 Å². The minimum Gasteiger partial charge on any atom is -0.382 e. The lowest BCUT2D eigenvalue weighted by atomic mass is 9.80. The molecule has 0 bridgehead atoms. The van der Waals surface area contributed by atoms with Gasteiger partial charge in [-0.15, -0.1) is 0 Å². The molecule has 0 atom stereocenters. The van der Waals surface area contributed by atoms with Crippen LogP contribution in [0.5, 0.6) is 0 Å². The Bertz CT molecular complexity index is 337. The zero-order valence-corrected chi connectivity index (χ0v) is 10.7. The zero-order chi connectivity index (χ0) is 12.1. The highest BCUT2D eigenvalue weighted by molar-refractivity contribution is 5.34. The number of ether oxygens (including phenoxy) is 1. The monoisotopic (exact) mass is 233 g/mol. The molecule has 1 aliphatic carbocycles. The lowest BCUT2D eigenvalue weighted by Crippen LogP contribution is -2.31. The van der Waals surface area contributed by atoms with Gasteiger partial charge in [0.1, 0.15) is 0 Å². The van der Waals surface area contributed by atoms with Crippen molar-refractivity contribution in [2.75, 3.05) is 19.8 Å².